The molecule has 13 heavy (non-hydrogen) atoms. The predicted molar refractivity (Wildman–Crippen MR) is 47.8 cm³/mol. The standard InChI is InChI=1S/C7H16O5S/c1-4-11-7(12-5-2)6-13(8,9)10-3/h7H,4-6H2,1-3H3. The first-order chi connectivity index (χ1) is 6.05. The lowest BCUT2D eigenvalue weighted by molar-refractivity contribution is -0.121. The molecule has 5 nitrogen and oxygen atoms in total. The molecular formula is C7H16O5S. The van der Waals surface area contributed by atoms with E-state index in [-0.39, 0.29) is 5.75 Å². The maximum Gasteiger partial charge on any atom is 0.272 e. The van der Waals surface area contributed by atoms with Crippen LogP contribution in [0.2, 0.25) is 0 Å². The molecule has 0 atom stereocenters. The van der Waals surface area contributed by atoms with Crippen LogP contribution in [0.15, 0.2) is 0 Å². The van der Waals surface area contributed by atoms with Crippen molar-refractivity contribution in [3.8, 4) is 0 Å². The van der Waals surface area contributed by atoms with E-state index in [0.29, 0.717) is 13.2 Å². The zero-order valence-electron chi connectivity index (χ0n) is 8.15. The second-order valence-corrected chi connectivity index (χ2v) is 4.01. The van der Waals surface area contributed by atoms with E-state index < -0.39 is 16.4 Å². The van der Waals surface area contributed by atoms with E-state index in [9.17, 15) is 8.42 Å². The fourth-order valence-corrected chi connectivity index (χ4v) is 1.41. The highest BCUT2D eigenvalue weighted by molar-refractivity contribution is 7.86. The molecule has 0 aliphatic heterocycles. The van der Waals surface area contributed by atoms with E-state index in [1.165, 1.54) is 0 Å². The van der Waals surface area contributed by atoms with Crippen LogP contribution in [0.25, 0.3) is 0 Å². The Balaban J connectivity index is 4.08. The summed E-state index contributed by atoms with van der Waals surface area (Å²) in [6, 6.07) is 0. The van der Waals surface area contributed by atoms with Crippen LogP contribution >= 0.6 is 0 Å². The molecule has 0 aromatic carbocycles. The first-order valence-electron chi connectivity index (χ1n) is 4.07. The summed E-state index contributed by atoms with van der Waals surface area (Å²) in [7, 11) is -2.40. The Morgan fingerprint density at radius 2 is 1.62 bits per heavy atom. The summed E-state index contributed by atoms with van der Waals surface area (Å²) < 4.78 is 36.3. The van der Waals surface area contributed by atoms with Crippen molar-refractivity contribution >= 4 is 10.1 Å². The van der Waals surface area contributed by atoms with Crippen molar-refractivity contribution in [1.82, 2.24) is 0 Å². The lowest BCUT2D eigenvalue weighted by Gasteiger charge is -2.15. The van der Waals surface area contributed by atoms with Crippen molar-refractivity contribution in [2.45, 2.75) is 20.1 Å². The Kier molecular flexibility index (Phi) is 6.23. The van der Waals surface area contributed by atoms with E-state index in [4.69, 9.17) is 9.47 Å². The molecule has 0 spiro atoms. The lowest BCUT2D eigenvalue weighted by atomic mass is 10.7. The Hall–Kier alpha value is -0.170. The van der Waals surface area contributed by atoms with Crippen LogP contribution in [-0.4, -0.2) is 40.8 Å². The Labute approximate surface area is 79.1 Å². The fourth-order valence-electron chi connectivity index (χ4n) is 0.751. The molecule has 0 saturated carbocycles. The molecule has 0 unspecified atom stereocenters. The molecule has 0 rings (SSSR count). The normalized spacial score (nSPS) is 12.3. The summed E-state index contributed by atoms with van der Waals surface area (Å²) in [6.07, 6.45) is -0.736. The van der Waals surface area contributed by atoms with Gasteiger partial charge in [0.1, 0.15) is 5.75 Å². The molecule has 0 aliphatic carbocycles. The lowest BCUT2D eigenvalue weighted by Crippen LogP contribution is -2.27. The zero-order valence-corrected chi connectivity index (χ0v) is 8.96. The van der Waals surface area contributed by atoms with Gasteiger partial charge in [-0.15, -0.1) is 0 Å². The highest BCUT2D eigenvalue weighted by Gasteiger charge is 2.18. The third kappa shape index (κ3) is 5.98. The second-order valence-electron chi connectivity index (χ2n) is 2.23. The van der Waals surface area contributed by atoms with Gasteiger partial charge in [0.15, 0.2) is 6.29 Å². The third-order valence-corrected chi connectivity index (χ3v) is 2.49. The summed E-state index contributed by atoms with van der Waals surface area (Å²) in [6.45, 7) is 4.35. The van der Waals surface area contributed by atoms with Crippen molar-refractivity contribution in [3.63, 3.8) is 0 Å². The van der Waals surface area contributed by atoms with Crippen molar-refractivity contribution in [2.24, 2.45) is 0 Å². The van der Waals surface area contributed by atoms with Crippen LogP contribution in [0.1, 0.15) is 13.8 Å². The van der Waals surface area contributed by atoms with Crippen LogP contribution in [-0.2, 0) is 23.8 Å². The molecule has 0 radical (unpaired) electrons. The first-order valence-corrected chi connectivity index (χ1v) is 5.65. The van der Waals surface area contributed by atoms with Gasteiger partial charge < -0.3 is 9.47 Å². The van der Waals surface area contributed by atoms with Gasteiger partial charge in [-0.1, -0.05) is 0 Å². The van der Waals surface area contributed by atoms with Crippen molar-refractivity contribution in [1.29, 1.82) is 0 Å². The van der Waals surface area contributed by atoms with Crippen LogP contribution in [0.4, 0.5) is 0 Å². The number of hydrogen-bond acceptors (Lipinski definition) is 5. The molecule has 0 fully saturated rings. The Morgan fingerprint density at radius 3 is 1.92 bits per heavy atom. The second kappa shape index (κ2) is 6.31. The molecule has 80 valence electrons. The molecule has 0 bridgehead atoms. The van der Waals surface area contributed by atoms with Gasteiger partial charge in [0.2, 0.25) is 0 Å². The maximum absolute atomic E-state index is 11.0. The number of ether oxygens (including phenoxy) is 2. The van der Waals surface area contributed by atoms with Gasteiger partial charge in [-0.2, -0.15) is 8.42 Å². The molecular weight excluding hydrogens is 196 g/mol. The minimum absolute atomic E-state index is 0.273. The minimum Gasteiger partial charge on any atom is -0.352 e. The van der Waals surface area contributed by atoms with Gasteiger partial charge in [-0.3, -0.25) is 4.18 Å². The van der Waals surface area contributed by atoms with Gasteiger partial charge in [0.25, 0.3) is 10.1 Å². The molecule has 6 heteroatoms. The number of rotatable bonds is 7. The highest BCUT2D eigenvalue weighted by atomic mass is 32.2. The maximum atomic E-state index is 11.0. The van der Waals surface area contributed by atoms with Gasteiger partial charge in [-0.05, 0) is 13.8 Å². The van der Waals surface area contributed by atoms with Crippen LogP contribution in [0.5, 0.6) is 0 Å². The number of hydrogen-bond donors (Lipinski definition) is 0. The van der Waals surface area contributed by atoms with Gasteiger partial charge >= 0.3 is 0 Å². The van der Waals surface area contributed by atoms with E-state index >= 15 is 0 Å². The van der Waals surface area contributed by atoms with Crippen molar-refractivity contribution in [3.05, 3.63) is 0 Å². The molecule has 0 aromatic rings. The fraction of sp³-hybridized carbons (Fsp3) is 1.00. The summed E-state index contributed by atoms with van der Waals surface area (Å²) in [5.41, 5.74) is 0. The molecule has 0 aromatic heterocycles. The SMILES string of the molecule is CCOC(CS(=O)(=O)OC)OCC. The first kappa shape index (κ1) is 12.8. The van der Waals surface area contributed by atoms with E-state index in [1.807, 2.05) is 0 Å². The summed E-state index contributed by atoms with van der Waals surface area (Å²) in [5.74, 6) is -0.273. The quantitative estimate of drug-likeness (QED) is 0.450. The monoisotopic (exact) mass is 212 g/mol. The molecule has 0 saturated heterocycles. The molecule has 0 heterocycles. The molecule has 0 amide bonds. The van der Waals surface area contributed by atoms with E-state index in [0.717, 1.165) is 7.11 Å². The van der Waals surface area contributed by atoms with Crippen LogP contribution in [0.3, 0.4) is 0 Å². The smallest absolute Gasteiger partial charge is 0.272 e. The summed E-state index contributed by atoms with van der Waals surface area (Å²) >= 11 is 0. The molecule has 0 N–H and O–H groups in total. The minimum atomic E-state index is -3.51. The average molecular weight is 212 g/mol. The predicted octanol–water partition coefficient (Wildman–Crippen LogP) is 0.362. The average Bonchev–Trinajstić information content (AvgIpc) is 2.05. The van der Waals surface area contributed by atoms with Gasteiger partial charge in [0, 0.05) is 13.2 Å². The van der Waals surface area contributed by atoms with E-state index in [1.54, 1.807) is 13.8 Å². The van der Waals surface area contributed by atoms with Crippen LogP contribution < -0.4 is 0 Å². The molecule has 0 aliphatic rings. The largest absolute Gasteiger partial charge is 0.352 e. The van der Waals surface area contributed by atoms with Gasteiger partial charge in [-0.25, -0.2) is 0 Å². The topological polar surface area (TPSA) is 61.8 Å². The Bertz CT molecular complexity index is 205. The highest BCUT2D eigenvalue weighted by Crippen LogP contribution is 2.01. The third-order valence-electron chi connectivity index (χ3n) is 1.30. The van der Waals surface area contributed by atoms with Crippen LogP contribution in [0, 0.1) is 0 Å². The Morgan fingerprint density at radius 1 is 1.15 bits per heavy atom. The zero-order chi connectivity index (χ0) is 10.3. The van der Waals surface area contributed by atoms with E-state index in [2.05, 4.69) is 4.18 Å². The summed E-state index contributed by atoms with van der Waals surface area (Å²) in [4.78, 5) is 0. The van der Waals surface area contributed by atoms with Gasteiger partial charge in [0.05, 0.1) is 7.11 Å². The van der Waals surface area contributed by atoms with Crippen molar-refractivity contribution < 1.29 is 22.1 Å². The summed E-state index contributed by atoms with van der Waals surface area (Å²) in [5, 5.41) is 0. The van der Waals surface area contributed by atoms with Crippen molar-refractivity contribution in [2.75, 3.05) is 26.1 Å².